The third-order valence-corrected chi connectivity index (χ3v) is 6.02. The maximum absolute atomic E-state index is 12.3. The first-order chi connectivity index (χ1) is 14.2. The highest BCUT2D eigenvalue weighted by Gasteiger charge is 2.15. The van der Waals surface area contributed by atoms with Crippen LogP contribution in [0.4, 0.5) is 5.13 Å². The summed E-state index contributed by atoms with van der Waals surface area (Å²) in [5.41, 5.74) is 2.03. The van der Waals surface area contributed by atoms with Crippen LogP contribution in [0.3, 0.4) is 0 Å². The fourth-order valence-corrected chi connectivity index (χ4v) is 4.40. The molecule has 3 rings (SSSR count). The van der Waals surface area contributed by atoms with Crippen LogP contribution in [0, 0.1) is 0 Å². The number of ether oxygens (including phenoxy) is 2. The summed E-state index contributed by atoms with van der Waals surface area (Å²) in [6, 6.07) is 5.70. The Labute approximate surface area is 177 Å². The predicted molar refractivity (Wildman–Crippen MR) is 119 cm³/mol. The second kappa shape index (κ2) is 11.0. The van der Waals surface area contributed by atoms with Gasteiger partial charge in [0.1, 0.15) is 0 Å². The largest absolute Gasteiger partial charge is 0.493 e. The third kappa shape index (κ3) is 6.32. The summed E-state index contributed by atoms with van der Waals surface area (Å²) in [5, 5.41) is 3.57. The lowest BCUT2D eigenvalue weighted by molar-refractivity contribution is -0.111. The van der Waals surface area contributed by atoms with E-state index >= 15 is 0 Å². The molecular weight excluding hydrogens is 384 g/mol. The van der Waals surface area contributed by atoms with Crippen molar-refractivity contribution < 1.29 is 14.3 Å². The van der Waals surface area contributed by atoms with Crippen LogP contribution in [0.15, 0.2) is 24.3 Å². The number of nitrogens with one attached hydrogen (secondary N) is 1. The standard InChI is InChI=1S/C23H30N2O3S/c1-3-4-5-8-15-28-19-13-11-17(16-20(19)27-2)12-14-22(26)25-23-24-18-9-6-7-10-21(18)29-23/h11-14,16H,3-10,15H2,1-2H3,(H,24,25,26)/b14-12+. The van der Waals surface area contributed by atoms with Gasteiger partial charge >= 0.3 is 0 Å². The summed E-state index contributed by atoms with van der Waals surface area (Å²) in [6.07, 6.45) is 12.5. The molecule has 1 aliphatic carbocycles. The Morgan fingerprint density at radius 1 is 1.21 bits per heavy atom. The average Bonchev–Trinajstić information content (AvgIpc) is 3.14. The zero-order valence-corrected chi connectivity index (χ0v) is 18.1. The molecule has 1 aromatic carbocycles. The highest BCUT2D eigenvalue weighted by atomic mass is 32.1. The number of unbranched alkanes of at least 4 members (excludes halogenated alkanes) is 3. The number of aromatic nitrogens is 1. The van der Waals surface area contributed by atoms with E-state index in [2.05, 4.69) is 17.2 Å². The first kappa shape index (κ1) is 21.4. The van der Waals surface area contributed by atoms with Crippen molar-refractivity contribution >= 4 is 28.5 Å². The molecule has 2 aromatic rings. The number of anilines is 1. The van der Waals surface area contributed by atoms with E-state index in [1.54, 1.807) is 24.5 Å². The molecule has 0 spiro atoms. The van der Waals surface area contributed by atoms with Crippen LogP contribution in [0.2, 0.25) is 0 Å². The number of carbonyl (C=O) groups is 1. The number of fused-ring (bicyclic) bond motifs is 1. The van der Waals surface area contributed by atoms with Gasteiger partial charge in [-0.2, -0.15) is 0 Å². The normalized spacial score (nSPS) is 13.3. The minimum absolute atomic E-state index is 0.175. The monoisotopic (exact) mass is 414 g/mol. The van der Waals surface area contributed by atoms with Crippen LogP contribution >= 0.6 is 11.3 Å². The molecule has 156 valence electrons. The molecule has 0 atom stereocenters. The minimum Gasteiger partial charge on any atom is -0.493 e. The van der Waals surface area contributed by atoms with Crippen LogP contribution in [0.25, 0.3) is 6.08 Å². The van der Waals surface area contributed by atoms with Crippen LogP contribution in [0.1, 0.15) is 61.6 Å². The molecule has 5 nitrogen and oxygen atoms in total. The Kier molecular flexibility index (Phi) is 8.11. The van der Waals surface area contributed by atoms with Gasteiger partial charge in [-0.3, -0.25) is 10.1 Å². The van der Waals surface area contributed by atoms with Crippen molar-refractivity contribution in [2.45, 2.75) is 58.3 Å². The van der Waals surface area contributed by atoms with Gasteiger partial charge in [0, 0.05) is 11.0 Å². The van der Waals surface area contributed by atoms with E-state index in [9.17, 15) is 4.79 Å². The van der Waals surface area contributed by atoms with E-state index in [0.29, 0.717) is 17.5 Å². The molecule has 0 radical (unpaired) electrons. The van der Waals surface area contributed by atoms with Gasteiger partial charge < -0.3 is 9.47 Å². The molecule has 0 unspecified atom stereocenters. The number of amides is 1. The first-order valence-corrected chi connectivity index (χ1v) is 11.3. The molecule has 1 aromatic heterocycles. The molecule has 0 fully saturated rings. The van der Waals surface area contributed by atoms with E-state index in [1.807, 2.05) is 18.2 Å². The molecule has 29 heavy (non-hydrogen) atoms. The highest BCUT2D eigenvalue weighted by molar-refractivity contribution is 7.15. The van der Waals surface area contributed by atoms with Gasteiger partial charge in [0.05, 0.1) is 19.4 Å². The van der Waals surface area contributed by atoms with Crippen LogP contribution < -0.4 is 14.8 Å². The summed E-state index contributed by atoms with van der Waals surface area (Å²) in [6.45, 7) is 2.88. The SMILES string of the molecule is CCCCCCOc1ccc(/C=C/C(=O)Nc2nc3c(s2)CCCC3)cc1OC. The molecule has 6 heteroatoms. The quantitative estimate of drug-likeness (QED) is 0.404. The van der Waals surface area contributed by atoms with Gasteiger partial charge in [-0.1, -0.05) is 32.3 Å². The number of benzene rings is 1. The van der Waals surface area contributed by atoms with Crippen molar-refractivity contribution in [3.05, 3.63) is 40.4 Å². The van der Waals surface area contributed by atoms with Crippen LogP contribution in [-0.2, 0) is 17.6 Å². The zero-order chi connectivity index (χ0) is 20.5. The summed E-state index contributed by atoms with van der Waals surface area (Å²) in [5.74, 6) is 1.24. The molecule has 0 saturated carbocycles. The van der Waals surface area contributed by atoms with Gasteiger partial charge in [-0.25, -0.2) is 4.98 Å². The molecule has 1 heterocycles. The van der Waals surface area contributed by atoms with Crippen molar-refractivity contribution in [3.8, 4) is 11.5 Å². The molecule has 0 aliphatic heterocycles. The van der Waals surface area contributed by atoms with Crippen molar-refractivity contribution in [2.24, 2.45) is 0 Å². The first-order valence-electron chi connectivity index (χ1n) is 10.5. The fourth-order valence-electron chi connectivity index (χ4n) is 3.34. The Balaban J connectivity index is 1.55. The second-order valence-corrected chi connectivity index (χ2v) is 8.32. The number of rotatable bonds is 10. The zero-order valence-electron chi connectivity index (χ0n) is 17.3. The highest BCUT2D eigenvalue weighted by Crippen LogP contribution is 2.30. The van der Waals surface area contributed by atoms with E-state index in [1.165, 1.54) is 43.1 Å². The Morgan fingerprint density at radius 3 is 2.86 bits per heavy atom. The van der Waals surface area contributed by atoms with Crippen molar-refractivity contribution in [1.29, 1.82) is 0 Å². The number of hydrogen-bond donors (Lipinski definition) is 1. The summed E-state index contributed by atoms with van der Waals surface area (Å²) in [4.78, 5) is 18.1. The van der Waals surface area contributed by atoms with Gasteiger partial charge in [0.25, 0.3) is 0 Å². The Morgan fingerprint density at radius 2 is 2.07 bits per heavy atom. The number of aryl methyl sites for hydroxylation is 2. The second-order valence-electron chi connectivity index (χ2n) is 7.24. The lowest BCUT2D eigenvalue weighted by Crippen LogP contribution is -2.07. The number of carbonyl (C=O) groups excluding carboxylic acids is 1. The lowest BCUT2D eigenvalue weighted by Gasteiger charge is -2.11. The summed E-state index contributed by atoms with van der Waals surface area (Å²) in [7, 11) is 1.63. The Hall–Kier alpha value is -2.34. The average molecular weight is 415 g/mol. The van der Waals surface area contributed by atoms with Crippen molar-refractivity contribution in [2.75, 3.05) is 19.0 Å². The smallest absolute Gasteiger partial charge is 0.250 e. The summed E-state index contributed by atoms with van der Waals surface area (Å²) >= 11 is 1.59. The van der Waals surface area contributed by atoms with E-state index in [0.717, 1.165) is 36.3 Å². The Bertz CT molecular complexity index is 821. The lowest BCUT2D eigenvalue weighted by atomic mass is 10.0. The van der Waals surface area contributed by atoms with Crippen LogP contribution in [-0.4, -0.2) is 24.6 Å². The number of thiazole rings is 1. The van der Waals surface area contributed by atoms with E-state index < -0.39 is 0 Å². The third-order valence-electron chi connectivity index (χ3n) is 4.95. The number of hydrogen-bond acceptors (Lipinski definition) is 5. The van der Waals surface area contributed by atoms with Crippen molar-refractivity contribution in [1.82, 2.24) is 4.98 Å². The number of nitrogens with zero attached hydrogens (tertiary/aromatic N) is 1. The topological polar surface area (TPSA) is 60.5 Å². The maximum atomic E-state index is 12.3. The molecule has 0 bridgehead atoms. The fraction of sp³-hybridized carbons (Fsp3) is 0.478. The molecule has 1 amide bonds. The molecule has 1 N–H and O–H groups in total. The van der Waals surface area contributed by atoms with Gasteiger partial charge in [0.2, 0.25) is 5.91 Å². The van der Waals surface area contributed by atoms with Crippen LogP contribution in [0.5, 0.6) is 11.5 Å². The van der Waals surface area contributed by atoms with Crippen molar-refractivity contribution in [3.63, 3.8) is 0 Å². The molecule has 1 aliphatic rings. The number of methoxy groups -OCH3 is 1. The summed E-state index contributed by atoms with van der Waals surface area (Å²) < 4.78 is 11.3. The molecular formula is C23H30N2O3S. The van der Waals surface area contributed by atoms with E-state index in [-0.39, 0.29) is 5.91 Å². The van der Waals surface area contributed by atoms with Gasteiger partial charge in [-0.05, 0) is 55.9 Å². The molecule has 0 saturated heterocycles. The maximum Gasteiger partial charge on any atom is 0.250 e. The van der Waals surface area contributed by atoms with E-state index in [4.69, 9.17) is 9.47 Å². The predicted octanol–water partition coefficient (Wildman–Crippen LogP) is 5.64. The van der Waals surface area contributed by atoms with Gasteiger partial charge in [0.15, 0.2) is 16.6 Å². The minimum atomic E-state index is -0.175. The van der Waals surface area contributed by atoms with Gasteiger partial charge in [-0.15, -0.1) is 11.3 Å².